The molecule has 0 aliphatic carbocycles. The number of rotatable bonds is 6. The molecule has 0 bridgehead atoms. The Labute approximate surface area is 182 Å². The van der Waals surface area contributed by atoms with Gasteiger partial charge in [0.05, 0.1) is 11.0 Å². The molecule has 1 fully saturated rings. The van der Waals surface area contributed by atoms with Gasteiger partial charge in [-0.05, 0) is 26.3 Å². The third kappa shape index (κ3) is 4.49. The number of thiophene rings is 1. The number of methoxy groups -OCH3 is 1. The van der Waals surface area contributed by atoms with Gasteiger partial charge >= 0.3 is 0 Å². The molecule has 0 saturated carbocycles. The van der Waals surface area contributed by atoms with E-state index in [9.17, 15) is 5.11 Å². The van der Waals surface area contributed by atoms with Gasteiger partial charge in [0.1, 0.15) is 17.3 Å². The van der Waals surface area contributed by atoms with Crippen LogP contribution in [0.15, 0.2) is 35.7 Å². The van der Waals surface area contributed by atoms with Gasteiger partial charge in [0.2, 0.25) is 0 Å². The molecule has 3 aromatic rings. The fourth-order valence-corrected chi connectivity index (χ4v) is 5.20. The summed E-state index contributed by atoms with van der Waals surface area (Å²) in [6.07, 6.45) is 0. The second-order valence-corrected chi connectivity index (χ2v) is 9.54. The highest BCUT2D eigenvalue weighted by molar-refractivity contribution is 7.17. The number of anilines is 1. The Hall–Kier alpha value is -2.06. The summed E-state index contributed by atoms with van der Waals surface area (Å²) in [5.41, 5.74) is 1.67. The topological polar surface area (TPSA) is 61.7 Å². The summed E-state index contributed by atoms with van der Waals surface area (Å²) in [6.45, 7) is 9.68. The molecular formula is C23H30N4O2S. The van der Waals surface area contributed by atoms with Crippen LogP contribution >= 0.6 is 11.3 Å². The third-order valence-electron chi connectivity index (χ3n) is 5.41. The molecule has 1 unspecified atom stereocenters. The molecule has 7 heteroatoms. The van der Waals surface area contributed by atoms with E-state index in [-0.39, 0.29) is 6.04 Å². The van der Waals surface area contributed by atoms with Crippen molar-refractivity contribution in [3.8, 4) is 11.1 Å². The summed E-state index contributed by atoms with van der Waals surface area (Å²) in [4.78, 5) is 15.4. The molecule has 4 rings (SSSR count). The van der Waals surface area contributed by atoms with Crippen LogP contribution in [0.5, 0.6) is 0 Å². The minimum Gasteiger partial charge on any atom is -0.389 e. The van der Waals surface area contributed by atoms with E-state index >= 15 is 0 Å². The van der Waals surface area contributed by atoms with E-state index < -0.39 is 5.60 Å². The van der Waals surface area contributed by atoms with E-state index in [1.54, 1.807) is 18.4 Å². The van der Waals surface area contributed by atoms with E-state index in [1.165, 1.54) is 11.1 Å². The molecule has 0 amide bonds. The molecule has 3 heterocycles. The summed E-state index contributed by atoms with van der Waals surface area (Å²) in [5, 5.41) is 13.5. The van der Waals surface area contributed by atoms with Crippen LogP contribution < -0.4 is 4.90 Å². The summed E-state index contributed by atoms with van der Waals surface area (Å²) >= 11 is 1.66. The quantitative estimate of drug-likeness (QED) is 0.647. The number of fused-ring (bicyclic) bond motifs is 1. The molecule has 2 aromatic heterocycles. The van der Waals surface area contributed by atoms with Crippen LogP contribution in [0.2, 0.25) is 0 Å². The van der Waals surface area contributed by atoms with Crippen molar-refractivity contribution >= 4 is 27.4 Å². The van der Waals surface area contributed by atoms with Crippen molar-refractivity contribution in [3.63, 3.8) is 0 Å². The van der Waals surface area contributed by atoms with Gasteiger partial charge in [-0.15, -0.1) is 11.3 Å². The standard InChI is InChI=1S/C23H30N4O2S/c1-16-12-26(15-23(2,3)28)10-11-27(16)21-20-18(17-8-6-5-7-9-17)14-30-22(20)25-19(24-21)13-29-4/h5-9,14,16,28H,10-13,15H2,1-4H3. The average Bonchev–Trinajstić information content (AvgIpc) is 3.11. The molecule has 1 aliphatic heterocycles. The first-order valence-corrected chi connectivity index (χ1v) is 11.3. The van der Waals surface area contributed by atoms with Crippen molar-refractivity contribution in [2.75, 3.05) is 38.2 Å². The van der Waals surface area contributed by atoms with Gasteiger partial charge in [0.25, 0.3) is 0 Å². The van der Waals surface area contributed by atoms with E-state index in [1.807, 2.05) is 19.9 Å². The molecule has 0 spiro atoms. The number of ether oxygens (including phenoxy) is 1. The molecule has 1 aliphatic rings. The predicted molar refractivity (Wildman–Crippen MR) is 123 cm³/mol. The van der Waals surface area contributed by atoms with Crippen molar-refractivity contribution < 1.29 is 9.84 Å². The number of hydrogen-bond acceptors (Lipinski definition) is 7. The molecule has 1 aromatic carbocycles. The molecule has 0 radical (unpaired) electrons. The number of hydrogen-bond donors (Lipinski definition) is 1. The summed E-state index contributed by atoms with van der Waals surface area (Å²) in [5.74, 6) is 1.70. The van der Waals surface area contributed by atoms with Gasteiger partial charge in [-0.25, -0.2) is 9.97 Å². The van der Waals surface area contributed by atoms with Gasteiger partial charge in [-0.1, -0.05) is 30.3 Å². The van der Waals surface area contributed by atoms with Gasteiger partial charge in [0, 0.05) is 50.3 Å². The van der Waals surface area contributed by atoms with Crippen molar-refractivity contribution in [1.29, 1.82) is 0 Å². The number of piperazine rings is 1. The molecular weight excluding hydrogens is 396 g/mol. The Bertz CT molecular complexity index is 1000. The van der Waals surface area contributed by atoms with Gasteiger partial charge in [-0.3, -0.25) is 4.90 Å². The van der Waals surface area contributed by atoms with E-state index in [4.69, 9.17) is 14.7 Å². The first kappa shape index (κ1) is 21.2. The minimum atomic E-state index is -0.691. The van der Waals surface area contributed by atoms with Crippen molar-refractivity contribution in [1.82, 2.24) is 14.9 Å². The van der Waals surface area contributed by atoms with Crippen LogP contribution in [0, 0.1) is 0 Å². The maximum Gasteiger partial charge on any atom is 0.158 e. The number of β-amino-alcohol motifs (C(OH)–C–C–N with tert-alkyl or cyclic N) is 1. The highest BCUT2D eigenvalue weighted by atomic mass is 32.1. The highest BCUT2D eigenvalue weighted by Crippen LogP contribution is 2.39. The fourth-order valence-electron chi connectivity index (χ4n) is 4.24. The molecule has 30 heavy (non-hydrogen) atoms. The molecule has 1 atom stereocenters. The SMILES string of the molecule is COCc1nc(N2CCN(CC(C)(C)O)CC2C)c2c(-c3ccccc3)csc2n1. The number of nitrogens with zero attached hydrogens (tertiary/aromatic N) is 4. The van der Waals surface area contributed by atoms with Gasteiger partial charge in [-0.2, -0.15) is 0 Å². The molecule has 1 saturated heterocycles. The lowest BCUT2D eigenvalue weighted by atomic mass is 10.0. The second kappa shape index (κ2) is 8.59. The Kier molecular flexibility index (Phi) is 6.06. The van der Waals surface area contributed by atoms with Crippen LogP contribution in [-0.4, -0.2) is 64.9 Å². The lowest BCUT2D eigenvalue weighted by Gasteiger charge is -2.42. The van der Waals surface area contributed by atoms with E-state index in [0.717, 1.165) is 35.7 Å². The summed E-state index contributed by atoms with van der Waals surface area (Å²) in [6, 6.07) is 10.7. The van der Waals surface area contributed by atoms with Crippen molar-refractivity contribution in [2.24, 2.45) is 0 Å². The first-order valence-electron chi connectivity index (χ1n) is 10.4. The van der Waals surface area contributed by atoms with Crippen LogP contribution in [0.1, 0.15) is 26.6 Å². The first-order chi connectivity index (χ1) is 14.4. The zero-order chi connectivity index (χ0) is 21.3. The Morgan fingerprint density at radius 3 is 2.63 bits per heavy atom. The van der Waals surface area contributed by atoms with Crippen molar-refractivity contribution in [3.05, 3.63) is 41.5 Å². The van der Waals surface area contributed by atoms with Gasteiger partial charge < -0.3 is 14.7 Å². The molecule has 1 N–H and O–H groups in total. The summed E-state index contributed by atoms with van der Waals surface area (Å²) < 4.78 is 5.33. The molecule has 160 valence electrons. The Balaban J connectivity index is 1.74. The maximum absolute atomic E-state index is 10.2. The zero-order valence-electron chi connectivity index (χ0n) is 18.1. The monoisotopic (exact) mass is 426 g/mol. The normalized spacial score (nSPS) is 18.3. The Morgan fingerprint density at radius 2 is 1.97 bits per heavy atom. The predicted octanol–water partition coefficient (Wildman–Crippen LogP) is 3.79. The second-order valence-electron chi connectivity index (χ2n) is 8.68. The van der Waals surface area contributed by atoms with E-state index in [0.29, 0.717) is 19.0 Å². The lowest BCUT2D eigenvalue weighted by Crippen LogP contribution is -2.55. The fraction of sp³-hybridized carbons (Fsp3) is 0.478. The number of aromatic nitrogens is 2. The maximum atomic E-state index is 10.2. The molecule has 6 nitrogen and oxygen atoms in total. The smallest absolute Gasteiger partial charge is 0.158 e. The largest absolute Gasteiger partial charge is 0.389 e. The van der Waals surface area contributed by atoms with Crippen LogP contribution in [0.3, 0.4) is 0 Å². The average molecular weight is 427 g/mol. The third-order valence-corrected chi connectivity index (χ3v) is 6.29. The van der Waals surface area contributed by atoms with E-state index in [2.05, 4.69) is 46.4 Å². The lowest BCUT2D eigenvalue weighted by molar-refractivity contribution is 0.0307. The van der Waals surface area contributed by atoms with Crippen LogP contribution in [-0.2, 0) is 11.3 Å². The van der Waals surface area contributed by atoms with Crippen molar-refractivity contribution in [2.45, 2.75) is 39.0 Å². The number of benzene rings is 1. The van der Waals surface area contributed by atoms with Crippen LogP contribution in [0.4, 0.5) is 5.82 Å². The zero-order valence-corrected chi connectivity index (χ0v) is 18.9. The van der Waals surface area contributed by atoms with Crippen LogP contribution in [0.25, 0.3) is 21.3 Å². The minimum absolute atomic E-state index is 0.276. The Morgan fingerprint density at radius 1 is 1.20 bits per heavy atom. The number of aliphatic hydroxyl groups is 1. The summed E-state index contributed by atoms with van der Waals surface area (Å²) in [7, 11) is 1.68. The highest BCUT2D eigenvalue weighted by Gasteiger charge is 2.30. The van der Waals surface area contributed by atoms with Gasteiger partial charge in [0.15, 0.2) is 5.82 Å².